The first-order valence-corrected chi connectivity index (χ1v) is 5.51. The zero-order chi connectivity index (χ0) is 11.8. The van der Waals surface area contributed by atoms with Gasteiger partial charge in [-0.25, -0.2) is 0 Å². The molecule has 1 aromatic heterocycles. The van der Waals surface area contributed by atoms with Crippen molar-refractivity contribution in [1.82, 2.24) is 4.98 Å². The number of rotatable bonds is 1. The van der Waals surface area contributed by atoms with Crippen LogP contribution in [0.15, 0.2) is 36.5 Å². The fourth-order valence-electron chi connectivity index (χ4n) is 2.05. The van der Waals surface area contributed by atoms with Crippen molar-refractivity contribution in [1.29, 1.82) is 0 Å². The summed E-state index contributed by atoms with van der Waals surface area (Å²) in [6.45, 7) is 2.02. The molecule has 0 saturated carbocycles. The average molecular weight is 224 g/mol. The zero-order valence-electron chi connectivity index (χ0n) is 9.45. The summed E-state index contributed by atoms with van der Waals surface area (Å²) >= 11 is 0. The monoisotopic (exact) mass is 224 g/mol. The molecule has 1 aromatic carbocycles. The molecule has 3 heteroatoms. The lowest BCUT2D eigenvalue weighted by atomic mass is 10.1. The summed E-state index contributed by atoms with van der Waals surface area (Å²) in [5.41, 5.74) is 4.66. The topological polar surface area (TPSA) is 44.9 Å². The van der Waals surface area contributed by atoms with Gasteiger partial charge in [0.2, 0.25) is 0 Å². The largest absolute Gasteiger partial charge is 0.361 e. The molecule has 0 fully saturated rings. The summed E-state index contributed by atoms with van der Waals surface area (Å²) in [6, 6.07) is 9.73. The molecule has 2 aromatic rings. The highest BCUT2D eigenvalue weighted by atomic mass is 16.2. The van der Waals surface area contributed by atoms with Gasteiger partial charge in [0, 0.05) is 23.1 Å². The third-order valence-corrected chi connectivity index (χ3v) is 2.86. The molecule has 84 valence electrons. The third-order valence-electron chi connectivity index (χ3n) is 2.86. The number of aromatic nitrogens is 1. The Balaban J connectivity index is 2.09. The predicted octanol–water partition coefficient (Wildman–Crippen LogP) is 2.82. The van der Waals surface area contributed by atoms with E-state index in [-0.39, 0.29) is 5.91 Å². The van der Waals surface area contributed by atoms with Crippen molar-refractivity contribution in [3.05, 3.63) is 53.3 Å². The van der Waals surface area contributed by atoms with E-state index in [1.807, 2.05) is 49.5 Å². The molecule has 0 spiro atoms. The van der Waals surface area contributed by atoms with Crippen molar-refractivity contribution in [3.63, 3.8) is 0 Å². The number of carbonyl (C=O) groups excluding carboxylic acids is 1. The Morgan fingerprint density at radius 2 is 2.06 bits per heavy atom. The Morgan fingerprint density at radius 1 is 1.24 bits per heavy atom. The van der Waals surface area contributed by atoms with Gasteiger partial charge in [-0.3, -0.25) is 4.79 Å². The number of amides is 1. The van der Waals surface area contributed by atoms with E-state index >= 15 is 0 Å². The summed E-state index contributed by atoms with van der Waals surface area (Å²) in [5, 5.41) is 2.85. The number of H-pyrrole nitrogens is 1. The minimum Gasteiger partial charge on any atom is -0.361 e. The molecule has 2 heterocycles. The number of anilines is 1. The average Bonchev–Trinajstić information content (AvgIpc) is 2.85. The second kappa shape index (κ2) is 3.63. The van der Waals surface area contributed by atoms with Gasteiger partial charge in [-0.05, 0) is 30.7 Å². The molecule has 3 nitrogen and oxygen atoms in total. The summed E-state index contributed by atoms with van der Waals surface area (Å²) < 4.78 is 0. The van der Waals surface area contributed by atoms with E-state index in [1.54, 1.807) is 0 Å². The predicted molar refractivity (Wildman–Crippen MR) is 68.5 cm³/mol. The fourth-order valence-corrected chi connectivity index (χ4v) is 2.05. The number of hydrogen-bond acceptors (Lipinski definition) is 1. The lowest BCUT2D eigenvalue weighted by Gasteiger charge is -1.96. The molecule has 17 heavy (non-hydrogen) atoms. The maximum atomic E-state index is 11.8. The summed E-state index contributed by atoms with van der Waals surface area (Å²) in [5.74, 6) is -0.0431. The molecule has 0 unspecified atom stereocenters. The standard InChI is InChI=1S/C14H12N2O/c1-9-6-10(15-8-9)7-12-11-4-2-3-5-13(11)16-14(12)17/h2-8,15H,1H3,(H,16,17). The molecular formula is C14H12N2O. The Labute approximate surface area is 99.2 Å². The van der Waals surface area contributed by atoms with Crippen LogP contribution in [-0.2, 0) is 4.79 Å². The Hall–Kier alpha value is -2.29. The van der Waals surface area contributed by atoms with Crippen LogP contribution < -0.4 is 5.32 Å². The number of hydrogen-bond donors (Lipinski definition) is 2. The molecule has 1 amide bonds. The van der Waals surface area contributed by atoms with E-state index in [4.69, 9.17) is 0 Å². The molecule has 2 N–H and O–H groups in total. The van der Waals surface area contributed by atoms with E-state index in [2.05, 4.69) is 10.3 Å². The highest BCUT2D eigenvalue weighted by molar-refractivity contribution is 6.34. The van der Waals surface area contributed by atoms with Crippen LogP contribution >= 0.6 is 0 Å². The van der Waals surface area contributed by atoms with Crippen molar-refractivity contribution in [2.75, 3.05) is 5.32 Å². The molecular weight excluding hydrogens is 212 g/mol. The van der Waals surface area contributed by atoms with Crippen molar-refractivity contribution >= 4 is 23.2 Å². The van der Waals surface area contributed by atoms with Gasteiger partial charge in [0.25, 0.3) is 5.91 Å². The fraction of sp³-hybridized carbons (Fsp3) is 0.0714. The molecule has 3 rings (SSSR count). The van der Waals surface area contributed by atoms with E-state index in [9.17, 15) is 4.79 Å². The van der Waals surface area contributed by atoms with Crippen LogP contribution in [0.1, 0.15) is 16.8 Å². The maximum Gasteiger partial charge on any atom is 0.256 e. The van der Waals surface area contributed by atoms with Gasteiger partial charge in [-0.15, -0.1) is 0 Å². The van der Waals surface area contributed by atoms with Crippen LogP contribution in [-0.4, -0.2) is 10.9 Å². The minimum absolute atomic E-state index is 0.0431. The van der Waals surface area contributed by atoms with E-state index in [0.717, 1.165) is 22.5 Å². The van der Waals surface area contributed by atoms with Crippen LogP contribution in [0.25, 0.3) is 11.6 Å². The van der Waals surface area contributed by atoms with E-state index in [0.29, 0.717) is 5.57 Å². The van der Waals surface area contributed by atoms with Crippen molar-refractivity contribution in [3.8, 4) is 0 Å². The SMILES string of the molecule is Cc1c[nH]c(C=C2C(=O)Nc3ccccc32)c1. The van der Waals surface area contributed by atoms with Crippen LogP contribution in [0, 0.1) is 6.92 Å². The van der Waals surface area contributed by atoms with Crippen molar-refractivity contribution < 1.29 is 4.79 Å². The molecule has 0 radical (unpaired) electrons. The maximum absolute atomic E-state index is 11.8. The lowest BCUT2D eigenvalue weighted by molar-refractivity contribution is -0.110. The molecule has 1 aliphatic heterocycles. The second-order valence-electron chi connectivity index (χ2n) is 4.19. The summed E-state index contributed by atoms with van der Waals surface area (Å²) in [4.78, 5) is 15.0. The molecule has 1 aliphatic rings. The molecule has 0 aliphatic carbocycles. The van der Waals surface area contributed by atoms with Crippen molar-refractivity contribution in [2.24, 2.45) is 0 Å². The van der Waals surface area contributed by atoms with Gasteiger partial charge < -0.3 is 10.3 Å². The van der Waals surface area contributed by atoms with Gasteiger partial charge >= 0.3 is 0 Å². The number of para-hydroxylation sites is 1. The summed E-state index contributed by atoms with van der Waals surface area (Å²) in [6.07, 6.45) is 3.80. The molecule has 0 bridgehead atoms. The van der Waals surface area contributed by atoms with Gasteiger partial charge in [-0.1, -0.05) is 18.2 Å². The Kier molecular flexibility index (Phi) is 2.11. The van der Waals surface area contributed by atoms with Gasteiger partial charge in [0.15, 0.2) is 0 Å². The number of aromatic amines is 1. The number of aryl methyl sites for hydroxylation is 1. The van der Waals surface area contributed by atoms with E-state index < -0.39 is 0 Å². The highest BCUT2D eigenvalue weighted by Crippen LogP contribution is 2.32. The van der Waals surface area contributed by atoms with Crippen LogP contribution in [0.3, 0.4) is 0 Å². The summed E-state index contributed by atoms with van der Waals surface area (Å²) in [7, 11) is 0. The number of carbonyl (C=O) groups is 1. The first-order chi connectivity index (χ1) is 8.24. The second-order valence-corrected chi connectivity index (χ2v) is 4.19. The van der Waals surface area contributed by atoms with Gasteiger partial charge in [-0.2, -0.15) is 0 Å². The van der Waals surface area contributed by atoms with Gasteiger partial charge in [0.05, 0.1) is 5.57 Å². The number of fused-ring (bicyclic) bond motifs is 1. The van der Waals surface area contributed by atoms with Crippen LogP contribution in [0.4, 0.5) is 5.69 Å². The highest BCUT2D eigenvalue weighted by Gasteiger charge is 2.23. The smallest absolute Gasteiger partial charge is 0.256 e. The third kappa shape index (κ3) is 1.65. The van der Waals surface area contributed by atoms with Crippen molar-refractivity contribution in [2.45, 2.75) is 6.92 Å². The number of benzene rings is 1. The quantitative estimate of drug-likeness (QED) is 0.719. The lowest BCUT2D eigenvalue weighted by Crippen LogP contribution is -2.03. The minimum atomic E-state index is -0.0431. The Bertz CT molecular complexity index is 623. The van der Waals surface area contributed by atoms with Gasteiger partial charge in [0.1, 0.15) is 0 Å². The Morgan fingerprint density at radius 3 is 2.82 bits per heavy atom. The zero-order valence-corrected chi connectivity index (χ0v) is 9.45. The first kappa shape index (κ1) is 9.90. The first-order valence-electron chi connectivity index (χ1n) is 5.51. The molecule has 0 saturated heterocycles. The normalized spacial score (nSPS) is 16.1. The number of nitrogens with one attached hydrogen (secondary N) is 2. The molecule has 0 atom stereocenters. The van der Waals surface area contributed by atoms with E-state index in [1.165, 1.54) is 0 Å². The van der Waals surface area contributed by atoms with Crippen LogP contribution in [0.2, 0.25) is 0 Å². The van der Waals surface area contributed by atoms with Crippen LogP contribution in [0.5, 0.6) is 0 Å².